The van der Waals surface area contributed by atoms with E-state index in [9.17, 15) is 13.2 Å². The van der Waals surface area contributed by atoms with Gasteiger partial charge in [-0.3, -0.25) is 4.79 Å². The van der Waals surface area contributed by atoms with Gasteiger partial charge in [0.05, 0.1) is 11.2 Å². The summed E-state index contributed by atoms with van der Waals surface area (Å²) in [5.41, 5.74) is 5.08. The summed E-state index contributed by atoms with van der Waals surface area (Å²) in [7, 11) is -3.08. The zero-order chi connectivity index (χ0) is 13.7. The topological polar surface area (TPSA) is 89.3 Å². The minimum absolute atomic E-state index is 0.0488. The van der Waals surface area contributed by atoms with Gasteiger partial charge in [0.15, 0.2) is 0 Å². The molecule has 5 nitrogen and oxygen atoms in total. The zero-order valence-corrected chi connectivity index (χ0v) is 11.9. The van der Waals surface area contributed by atoms with Crippen molar-refractivity contribution in [1.29, 1.82) is 0 Å². The number of hydrogen-bond acceptors (Lipinski definition) is 4. The van der Waals surface area contributed by atoms with Gasteiger partial charge in [-0.2, -0.15) is 0 Å². The molecule has 0 saturated carbocycles. The monoisotopic (exact) mass is 264 g/mol. The predicted molar refractivity (Wildman–Crippen MR) is 69.4 cm³/mol. The lowest BCUT2D eigenvalue weighted by Crippen LogP contribution is -2.49. The second kappa shape index (κ2) is 6.35. The Morgan fingerprint density at radius 1 is 1.35 bits per heavy atom. The van der Waals surface area contributed by atoms with Crippen molar-refractivity contribution in [2.45, 2.75) is 39.7 Å². The minimum atomic E-state index is -3.08. The van der Waals surface area contributed by atoms with E-state index in [1.807, 2.05) is 13.8 Å². The Morgan fingerprint density at radius 2 is 1.82 bits per heavy atom. The van der Waals surface area contributed by atoms with Gasteiger partial charge in [-0.05, 0) is 19.8 Å². The van der Waals surface area contributed by atoms with Gasteiger partial charge in [0, 0.05) is 18.8 Å². The summed E-state index contributed by atoms with van der Waals surface area (Å²) in [6.45, 7) is 5.79. The summed E-state index contributed by atoms with van der Waals surface area (Å²) in [6.07, 6.45) is 2.46. The summed E-state index contributed by atoms with van der Waals surface area (Å²) in [5, 5.41) is 2.73. The molecule has 0 aromatic carbocycles. The molecule has 0 aromatic rings. The molecule has 1 unspecified atom stereocenters. The maximum absolute atomic E-state index is 12.1. The van der Waals surface area contributed by atoms with E-state index in [-0.39, 0.29) is 24.2 Å². The van der Waals surface area contributed by atoms with E-state index in [4.69, 9.17) is 5.73 Å². The van der Waals surface area contributed by atoms with Crippen LogP contribution in [0, 0.1) is 5.41 Å². The summed E-state index contributed by atoms with van der Waals surface area (Å²) in [5.74, 6) is -0.201. The molecule has 0 aliphatic rings. The Labute approximate surface area is 104 Å². The first-order valence-electron chi connectivity index (χ1n) is 5.89. The van der Waals surface area contributed by atoms with E-state index in [1.54, 1.807) is 6.92 Å². The smallest absolute Gasteiger partial charge is 0.227 e. The largest absolute Gasteiger partial charge is 0.352 e. The molecule has 3 N–H and O–H groups in total. The summed E-state index contributed by atoms with van der Waals surface area (Å²) >= 11 is 0. The van der Waals surface area contributed by atoms with Gasteiger partial charge >= 0.3 is 0 Å². The molecule has 1 amide bonds. The third-order valence-corrected chi connectivity index (χ3v) is 4.26. The predicted octanol–water partition coefficient (Wildman–Crippen LogP) is 0.301. The molecule has 17 heavy (non-hydrogen) atoms. The van der Waals surface area contributed by atoms with Gasteiger partial charge in [0.1, 0.15) is 9.84 Å². The second-order valence-corrected chi connectivity index (χ2v) is 6.84. The lowest BCUT2D eigenvalue weighted by atomic mass is 9.81. The number of amides is 1. The van der Waals surface area contributed by atoms with Crippen molar-refractivity contribution in [3.63, 3.8) is 0 Å². The molecule has 0 radical (unpaired) electrons. The maximum Gasteiger partial charge on any atom is 0.227 e. The zero-order valence-electron chi connectivity index (χ0n) is 11.1. The Hall–Kier alpha value is -0.620. The highest BCUT2D eigenvalue weighted by molar-refractivity contribution is 7.90. The standard InChI is InChI=1S/C11H24N2O3S/c1-5-11(6-2,8-12)10(14)13-9(3)7-17(4,15)16/h9H,5-8,12H2,1-4H3,(H,13,14). The molecule has 0 rings (SSSR count). The maximum atomic E-state index is 12.1. The van der Waals surface area contributed by atoms with Crippen LogP contribution in [0.1, 0.15) is 33.6 Å². The molecule has 0 bridgehead atoms. The SMILES string of the molecule is CCC(CC)(CN)C(=O)NC(C)CS(C)(=O)=O. The average Bonchev–Trinajstić information content (AvgIpc) is 2.18. The van der Waals surface area contributed by atoms with Gasteiger partial charge in [-0.15, -0.1) is 0 Å². The van der Waals surface area contributed by atoms with E-state index in [0.717, 1.165) is 6.26 Å². The second-order valence-electron chi connectivity index (χ2n) is 4.66. The van der Waals surface area contributed by atoms with Crippen LogP contribution in [-0.2, 0) is 14.6 Å². The van der Waals surface area contributed by atoms with E-state index < -0.39 is 15.3 Å². The lowest BCUT2D eigenvalue weighted by molar-refractivity contribution is -0.131. The number of carbonyl (C=O) groups excluding carboxylic acids is 1. The Kier molecular flexibility index (Phi) is 6.12. The minimum Gasteiger partial charge on any atom is -0.352 e. The van der Waals surface area contributed by atoms with Crippen molar-refractivity contribution >= 4 is 15.7 Å². The first kappa shape index (κ1) is 16.4. The van der Waals surface area contributed by atoms with Gasteiger partial charge in [0.2, 0.25) is 5.91 Å². The van der Waals surface area contributed by atoms with Gasteiger partial charge in [-0.25, -0.2) is 8.42 Å². The van der Waals surface area contributed by atoms with Crippen LogP contribution in [0.4, 0.5) is 0 Å². The van der Waals surface area contributed by atoms with Crippen LogP contribution >= 0.6 is 0 Å². The first-order chi connectivity index (χ1) is 7.70. The molecule has 6 heteroatoms. The van der Waals surface area contributed by atoms with E-state index in [1.165, 1.54) is 0 Å². The average molecular weight is 264 g/mol. The molecule has 0 heterocycles. The first-order valence-corrected chi connectivity index (χ1v) is 7.95. The van der Waals surface area contributed by atoms with Crippen LogP contribution in [0.15, 0.2) is 0 Å². The number of nitrogens with two attached hydrogens (primary N) is 1. The Bertz CT molecular complexity index is 339. The summed E-state index contributed by atoms with van der Waals surface area (Å²) < 4.78 is 22.2. The van der Waals surface area contributed by atoms with E-state index in [2.05, 4.69) is 5.32 Å². The van der Waals surface area contributed by atoms with Crippen LogP contribution in [0.2, 0.25) is 0 Å². The molecular formula is C11H24N2O3S. The van der Waals surface area contributed by atoms with Crippen LogP contribution < -0.4 is 11.1 Å². The van der Waals surface area contributed by atoms with Gasteiger partial charge in [-0.1, -0.05) is 13.8 Å². The van der Waals surface area contributed by atoms with E-state index in [0.29, 0.717) is 12.8 Å². The summed E-state index contributed by atoms with van der Waals surface area (Å²) in [4.78, 5) is 12.1. The van der Waals surface area contributed by atoms with E-state index >= 15 is 0 Å². The Morgan fingerprint density at radius 3 is 2.12 bits per heavy atom. The number of carbonyl (C=O) groups is 1. The van der Waals surface area contributed by atoms with Gasteiger partial charge in [0.25, 0.3) is 0 Å². The highest BCUT2D eigenvalue weighted by Gasteiger charge is 2.34. The molecule has 0 aliphatic heterocycles. The summed E-state index contributed by atoms with van der Waals surface area (Å²) in [6, 6.07) is -0.387. The third-order valence-electron chi connectivity index (χ3n) is 3.16. The quantitative estimate of drug-likeness (QED) is 0.692. The third kappa shape index (κ3) is 5.04. The molecule has 0 aromatic heterocycles. The molecule has 0 spiro atoms. The van der Waals surface area contributed by atoms with Crippen molar-refractivity contribution in [2.75, 3.05) is 18.6 Å². The van der Waals surface area contributed by atoms with Crippen molar-refractivity contribution in [3.8, 4) is 0 Å². The van der Waals surface area contributed by atoms with Crippen molar-refractivity contribution < 1.29 is 13.2 Å². The molecule has 0 aliphatic carbocycles. The highest BCUT2D eigenvalue weighted by Crippen LogP contribution is 2.25. The molecule has 102 valence electrons. The Balaban J connectivity index is 4.62. The molecule has 0 fully saturated rings. The van der Waals surface area contributed by atoms with Crippen molar-refractivity contribution in [1.82, 2.24) is 5.32 Å². The van der Waals surface area contributed by atoms with Crippen LogP contribution in [-0.4, -0.2) is 38.9 Å². The number of sulfone groups is 1. The van der Waals surface area contributed by atoms with Crippen molar-refractivity contribution in [2.24, 2.45) is 11.1 Å². The lowest BCUT2D eigenvalue weighted by Gasteiger charge is -2.30. The molecule has 1 atom stereocenters. The van der Waals surface area contributed by atoms with Crippen molar-refractivity contribution in [3.05, 3.63) is 0 Å². The number of nitrogens with one attached hydrogen (secondary N) is 1. The highest BCUT2D eigenvalue weighted by atomic mass is 32.2. The van der Waals surface area contributed by atoms with Crippen LogP contribution in [0.3, 0.4) is 0 Å². The molecular weight excluding hydrogens is 240 g/mol. The fraction of sp³-hybridized carbons (Fsp3) is 0.909. The fourth-order valence-corrected chi connectivity index (χ4v) is 2.82. The number of rotatable bonds is 7. The van der Waals surface area contributed by atoms with Crippen LogP contribution in [0.5, 0.6) is 0 Å². The number of hydrogen-bond donors (Lipinski definition) is 2. The van der Waals surface area contributed by atoms with Gasteiger partial charge < -0.3 is 11.1 Å². The molecule has 0 saturated heterocycles. The fourth-order valence-electron chi connectivity index (χ4n) is 1.83. The van der Waals surface area contributed by atoms with Crippen LogP contribution in [0.25, 0.3) is 0 Å². The normalized spacial score (nSPS) is 14.4.